The van der Waals surface area contributed by atoms with Gasteiger partial charge in [-0.2, -0.15) is 0 Å². The lowest BCUT2D eigenvalue weighted by Gasteiger charge is -2.14. The second-order valence-corrected chi connectivity index (χ2v) is 12.5. The van der Waals surface area contributed by atoms with Gasteiger partial charge in [-0.25, -0.2) is 0 Å². The van der Waals surface area contributed by atoms with E-state index in [9.17, 15) is 14.4 Å². The zero-order valence-electron chi connectivity index (χ0n) is 29.2. The summed E-state index contributed by atoms with van der Waals surface area (Å²) in [5, 5.41) is 11.0. The molecule has 0 rings (SSSR count). The maximum absolute atomic E-state index is 12.6. The molecule has 0 aliphatic carbocycles. The molecule has 2 N–H and O–H groups in total. The third-order valence-corrected chi connectivity index (χ3v) is 8.06. The van der Waals surface area contributed by atoms with Crippen LogP contribution in [0.15, 0.2) is 36.5 Å². The van der Waals surface area contributed by atoms with Crippen LogP contribution in [0.4, 0.5) is 0 Å². The van der Waals surface area contributed by atoms with Crippen molar-refractivity contribution in [3.8, 4) is 0 Å². The normalized spacial score (nSPS) is 12.4. The Morgan fingerprint density at radius 2 is 1.07 bits per heavy atom. The van der Waals surface area contributed by atoms with E-state index in [1.165, 1.54) is 89.9 Å². The van der Waals surface area contributed by atoms with Crippen LogP contribution in [0.25, 0.3) is 0 Å². The molecule has 260 valence electrons. The molecule has 0 aromatic rings. The van der Waals surface area contributed by atoms with Crippen molar-refractivity contribution >= 4 is 17.8 Å². The van der Waals surface area contributed by atoms with Gasteiger partial charge in [0.15, 0.2) is 0 Å². The number of ether oxygens (including phenoxy) is 1. The fourth-order valence-corrected chi connectivity index (χ4v) is 5.33. The van der Waals surface area contributed by atoms with Crippen molar-refractivity contribution in [3.63, 3.8) is 0 Å². The third-order valence-electron chi connectivity index (χ3n) is 8.06. The Bertz CT molecular complexity index is 788. The van der Waals surface area contributed by atoms with Crippen LogP contribution in [0.5, 0.6) is 0 Å². The van der Waals surface area contributed by atoms with Crippen LogP contribution in [0.2, 0.25) is 0 Å². The van der Waals surface area contributed by atoms with Gasteiger partial charge < -0.3 is 15.2 Å². The van der Waals surface area contributed by atoms with Gasteiger partial charge in [0.1, 0.15) is 12.6 Å². The van der Waals surface area contributed by atoms with Crippen LogP contribution in [0.1, 0.15) is 181 Å². The SMILES string of the molecule is CC/C=C\C/C=C\C/C=C\C(CCCCCCC(=O)NCC(=O)O)OC(=O)CCCCCCCCCCCCCCCCCC. The molecule has 0 spiro atoms. The molecule has 6 heteroatoms. The van der Waals surface area contributed by atoms with E-state index in [1.54, 1.807) is 0 Å². The summed E-state index contributed by atoms with van der Waals surface area (Å²) in [6, 6.07) is 0. The smallest absolute Gasteiger partial charge is 0.322 e. The lowest BCUT2D eigenvalue weighted by molar-refractivity contribution is -0.147. The first-order valence-corrected chi connectivity index (χ1v) is 18.6. The Kier molecular flexibility index (Phi) is 32.7. The van der Waals surface area contributed by atoms with E-state index in [2.05, 4.69) is 49.5 Å². The molecule has 0 radical (unpaired) electrons. The molecule has 0 aromatic carbocycles. The molecular formula is C39H69NO5. The van der Waals surface area contributed by atoms with E-state index >= 15 is 0 Å². The highest BCUT2D eigenvalue weighted by molar-refractivity contribution is 5.80. The number of amides is 1. The average Bonchev–Trinajstić information content (AvgIpc) is 3.02. The molecule has 0 bridgehead atoms. The number of carbonyl (C=O) groups excluding carboxylic acids is 2. The summed E-state index contributed by atoms with van der Waals surface area (Å²) in [5.41, 5.74) is 0. The van der Waals surface area contributed by atoms with Crippen molar-refractivity contribution in [2.24, 2.45) is 0 Å². The molecule has 1 unspecified atom stereocenters. The summed E-state index contributed by atoms with van der Waals surface area (Å²) in [4.78, 5) is 34.8. The van der Waals surface area contributed by atoms with E-state index in [0.29, 0.717) is 12.8 Å². The van der Waals surface area contributed by atoms with Crippen molar-refractivity contribution < 1.29 is 24.2 Å². The van der Waals surface area contributed by atoms with Gasteiger partial charge in [0.2, 0.25) is 5.91 Å². The first kappa shape index (κ1) is 42.6. The van der Waals surface area contributed by atoms with E-state index in [1.807, 2.05) is 6.08 Å². The predicted octanol–water partition coefficient (Wildman–Crippen LogP) is 10.9. The minimum Gasteiger partial charge on any atom is -0.480 e. The minimum atomic E-state index is -1.03. The third kappa shape index (κ3) is 34.3. The number of carbonyl (C=O) groups is 3. The molecule has 0 aliphatic heterocycles. The monoisotopic (exact) mass is 632 g/mol. The maximum Gasteiger partial charge on any atom is 0.322 e. The van der Waals surface area contributed by atoms with Gasteiger partial charge in [-0.05, 0) is 51.0 Å². The first-order chi connectivity index (χ1) is 22.0. The van der Waals surface area contributed by atoms with Crippen LogP contribution in [0, 0.1) is 0 Å². The average molecular weight is 632 g/mol. The number of rotatable bonds is 33. The van der Waals surface area contributed by atoms with Gasteiger partial charge in [-0.3, -0.25) is 14.4 Å². The van der Waals surface area contributed by atoms with Crippen LogP contribution in [-0.2, 0) is 19.1 Å². The van der Waals surface area contributed by atoms with Crippen LogP contribution < -0.4 is 5.32 Å². The van der Waals surface area contributed by atoms with Gasteiger partial charge in [0.05, 0.1) is 0 Å². The van der Waals surface area contributed by atoms with Crippen molar-refractivity contribution in [1.29, 1.82) is 0 Å². The number of aliphatic carboxylic acids is 1. The van der Waals surface area contributed by atoms with Gasteiger partial charge in [-0.1, -0.05) is 153 Å². The Labute approximate surface area is 276 Å². The number of nitrogens with one attached hydrogen (secondary N) is 1. The molecule has 0 aliphatic rings. The summed E-state index contributed by atoms with van der Waals surface area (Å²) in [5.74, 6) is -1.36. The number of hydrogen-bond acceptors (Lipinski definition) is 4. The summed E-state index contributed by atoms with van der Waals surface area (Å²) < 4.78 is 5.85. The Morgan fingerprint density at radius 3 is 1.60 bits per heavy atom. The molecule has 0 aromatic heterocycles. The van der Waals surface area contributed by atoms with E-state index in [4.69, 9.17) is 9.84 Å². The summed E-state index contributed by atoms with van der Waals surface area (Å²) in [7, 11) is 0. The Hall–Kier alpha value is -2.37. The minimum absolute atomic E-state index is 0.106. The molecule has 0 saturated heterocycles. The van der Waals surface area contributed by atoms with Gasteiger partial charge >= 0.3 is 11.9 Å². The summed E-state index contributed by atoms with van der Waals surface area (Å²) in [6.45, 7) is 4.07. The number of esters is 1. The molecule has 0 fully saturated rings. The Morgan fingerprint density at radius 1 is 0.600 bits per heavy atom. The van der Waals surface area contributed by atoms with Gasteiger partial charge in [-0.15, -0.1) is 0 Å². The van der Waals surface area contributed by atoms with Crippen LogP contribution >= 0.6 is 0 Å². The number of hydrogen-bond donors (Lipinski definition) is 2. The van der Waals surface area contributed by atoms with Crippen LogP contribution in [-0.4, -0.2) is 35.6 Å². The van der Waals surface area contributed by atoms with E-state index in [0.717, 1.165) is 64.2 Å². The van der Waals surface area contributed by atoms with Crippen LogP contribution in [0.3, 0.4) is 0 Å². The topological polar surface area (TPSA) is 92.7 Å². The fraction of sp³-hybridized carbons (Fsp3) is 0.769. The molecular weight excluding hydrogens is 562 g/mol. The van der Waals surface area contributed by atoms with Crippen molar-refractivity contribution in [1.82, 2.24) is 5.32 Å². The standard InChI is InChI=1S/C39H69NO5/c1-3-5-7-9-11-13-14-15-16-17-18-19-20-22-24-30-34-39(44)45-36(31-27-23-21-12-10-8-6-4-2)32-28-25-26-29-33-37(41)40-35-38(42)43/h6,8,12,21,27,31,36H,3-5,7,9-11,13-20,22-26,28-30,32-35H2,1-2H3,(H,40,41)(H,42,43)/b8-6-,21-12-,31-27-. The van der Waals surface area contributed by atoms with E-state index < -0.39 is 5.97 Å². The maximum atomic E-state index is 12.6. The number of carboxylic acids is 1. The lowest BCUT2D eigenvalue weighted by atomic mass is 10.0. The van der Waals surface area contributed by atoms with Gasteiger partial charge in [0, 0.05) is 12.8 Å². The highest BCUT2D eigenvalue weighted by Crippen LogP contribution is 2.16. The molecule has 0 heterocycles. The largest absolute Gasteiger partial charge is 0.480 e. The molecule has 45 heavy (non-hydrogen) atoms. The quantitative estimate of drug-likeness (QED) is 0.0427. The number of carboxylic acid groups (broad SMARTS) is 1. The highest BCUT2D eigenvalue weighted by Gasteiger charge is 2.12. The second-order valence-electron chi connectivity index (χ2n) is 12.5. The zero-order chi connectivity index (χ0) is 33.1. The second kappa shape index (κ2) is 34.5. The molecule has 1 amide bonds. The highest BCUT2D eigenvalue weighted by atomic mass is 16.5. The molecule has 0 saturated carbocycles. The summed E-state index contributed by atoms with van der Waals surface area (Å²) >= 11 is 0. The predicted molar refractivity (Wildman–Crippen MR) is 189 cm³/mol. The fourth-order valence-electron chi connectivity index (χ4n) is 5.33. The molecule has 1 atom stereocenters. The lowest BCUT2D eigenvalue weighted by Crippen LogP contribution is -2.28. The first-order valence-electron chi connectivity index (χ1n) is 18.6. The van der Waals surface area contributed by atoms with Gasteiger partial charge in [0.25, 0.3) is 0 Å². The Balaban J connectivity index is 4.12. The zero-order valence-corrected chi connectivity index (χ0v) is 29.2. The number of unbranched alkanes of at least 4 members (excludes halogenated alkanes) is 18. The molecule has 6 nitrogen and oxygen atoms in total. The van der Waals surface area contributed by atoms with Crippen molar-refractivity contribution in [3.05, 3.63) is 36.5 Å². The van der Waals surface area contributed by atoms with E-state index in [-0.39, 0.29) is 24.5 Å². The summed E-state index contributed by atoms with van der Waals surface area (Å²) in [6.07, 6.45) is 41.4. The number of allylic oxidation sites excluding steroid dienone is 5. The van der Waals surface area contributed by atoms with Crippen molar-refractivity contribution in [2.75, 3.05) is 6.54 Å². The van der Waals surface area contributed by atoms with Crippen molar-refractivity contribution in [2.45, 2.75) is 187 Å².